The van der Waals surface area contributed by atoms with Gasteiger partial charge in [0.15, 0.2) is 0 Å². The van der Waals surface area contributed by atoms with E-state index in [1.54, 1.807) is 6.92 Å². The molecule has 1 heterocycles. The average molecular weight is 206 g/mol. The second-order valence-corrected chi connectivity index (χ2v) is 4.85. The summed E-state index contributed by atoms with van der Waals surface area (Å²) >= 11 is 0. The van der Waals surface area contributed by atoms with E-state index in [-0.39, 0.29) is 6.10 Å². The summed E-state index contributed by atoms with van der Waals surface area (Å²) < 4.78 is 26.7. The van der Waals surface area contributed by atoms with Crippen LogP contribution in [0.15, 0.2) is 5.10 Å². The van der Waals surface area contributed by atoms with E-state index < -0.39 is 10.0 Å². The molecular formula is C7H14N2O3S. The van der Waals surface area contributed by atoms with Crippen LogP contribution in [0.5, 0.6) is 0 Å². The third kappa shape index (κ3) is 3.73. The Kier molecular flexibility index (Phi) is 3.27. The summed E-state index contributed by atoms with van der Waals surface area (Å²) in [5.41, 5.74) is 0.683. The van der Waals surface area contributed by atoms with Crippen molar-refractivity contribution in [3.63, 3.8) is 0 Å². The molecule has 5 nitrogen and oxygen atoms in total. The Bertz CT molecular complexity index is 291. The Labute approximate surface area is 78.2 Å². The van der Waals surface area contributed by atoms with Crippen LogP contribution in [0.25, 0.3) is 0 Å². The van der Waals surface area contributed by atoms with Crippen molar-refractivity contribution in [3.05, 3.63) is 0 Å². The van der Waals surface area contributed by atoms with Crippen molar-refractivity contribution in [1.29, 1.82) is 0 Å². The second-order valence-electron chi connectivity index (χ2n) is 3.12. The van der Waals surface area contributed by atoms with Crippen molar-refractivity contribution in [2.75, 3.05) is 12.9 Å². The van der Waals surface area contributed by atoms with Gasteiger partial charge in [0.1, 0.15) is 0 Å². The number of rotatable bonds is 3. The molecule has 1 rings (SSSR count). The molecule has 0 aromatic rings. The molecule has 0 aromatic carbocycles. The minimum absolute atomic E-state index is 0.0192. The van der Waals surface area contributed by atoms with Gasteiger partial charge in [-0.05, 0) is 19.8 Å². The van der Waals surface area contributed by atoms with Gasteiger partial charge in [-0.3, -0.25) is 0 Å². The lowest BCUT2D eigenvalue weighted by Crippen LogP contribution is -2.23. The Hall–Kier alpha value is -0.620. The fraction of sp³-hybridized carbons (Fsp3) is 0.857. The normalized spacial score (nSPS) is 24.8. The van der Waals surface area contributed by atoms with Gasteiger partial charge < -0.3 is 4.74 Å². The van der Waals surface area contributed by atoms with E-state index in [1.807, 2.05) is 0 Å². The zero-order chi connectivity index (χ0) is 9.90. The van der Waals surface area contributed by atoms with Crippen molar-refractivity contribution in [1.82, 2.24) is 4.83 Å². The molecule has 1 atom stereocenters. The SMILES string of the molecule is C/C(=N\NS(C)(=O)=O)C1CCCO1. The lowest BCUT2D eigenvalue weighted by Gasteiger charge is -2.08. The monoisotopic (exact) mass is 206 g/mol. The highest BCUT2D eigenvalue weighted by molar-refractivity contribution is 7.88. The van der Waals surface area contributed by atoms with E-state index in [4.69, 9.17) is 4.74 Å². The minimum atomic E-state index is -3.24. The van der Waals surface area contributed by atoms with Crippen LogP contribution in [0.1, 0.15) is 19.8 Å². The smallest absolute Gasteiger partial charge is 0.244 e. The van der Waals surface area contributed by atoms with Gasteiger partial charge in [-0.2, -0.15) is 5.10 Å². The van der Waals surface area contributed by atoms with Gasteiger partial charge in [-0.25, -0.2) is 13.2 Å². The van der Waals surface area contributed by atoms with Gasteiger partial charge in [0, 0.05) is 6.61 Å². The highest BCUT2D eigenvalue weighted by atomic mass is 32.2. The van der Waals surface area contributed by atoms with Crippen LogP contribution < -0.4 is 4.83 Å². The third-order valence-electron chi connectivity index (χ3n) is 1.78. The molecule has 0 aromatic heterocycles. The summed E-state index contributed by atoms with van der Waals surface area (Å²) in [6, 6.07) is 0. The first kappa shape index (κ1) is 10.5. The quantitative estimate of drug-likeness (QED) is 0.525. The highest BCUT2D eigenvalue weighted by Crippen LogP contribution is 2.12. The first-order valence-corrected chi connectivity index (χ1v) is 6.01. The van der Waals surface area contributed by atoms with Crippen molar-refractivity contribution < 1.29 is 13.2 Å². The Morgan fingerprint density at radius 3 is 2.77 bits per heavy atom. The number of hydrazone groups is 1. The lowest BCUT2D eigenvalue weighted by atomic mass is 10.2. The molecular weight excluding hydrogens is 192 g/mol. The van der Waals surface area contributed by atoms with Crippen LogP contribution in [0.3, 0.4) is 0 Å². The fourth-order valence-corrected chi connectivity index (χ4v) is 1.44. The first-order chi connectivity index (χ1) is 5.99. The maximum Gasteiger partial charge on any atom is 0.244 e. The first-order valence-electron chi connectivity index (χ1n) is 4.11. The number of nitrogens with zero attached hydrogens (tertiary/aromatic N) is 1. The van der Waals surface area contributed by atoms with Gasteiger partial charge in [0.2, 0.25) is 10.0 Å². The number of ether oxygens (including phenoxy) is 1. The van der Waals surface area contributed by atoms with E-state index >= 15 is 0 Å². The Morgan fingerprint density at radius 1 is 1.62 bits per heavy atom. The van der Waals surface area contributed by atoms with E-state index in [1.165, 1.54) is 0 Å². The van der Waals surface area contributed by atoms with Crippen molar-refractivity contribution >= 4 is 15.7 Å². The Balaban J connectivity index is 2.50. The predicted molar refractivity (Wildman–Crippen MR) is 50.1 cm³/mol. The maximum absolute atomic E-state index is 10.7. The van der Waals surface area contributed by atoms with Gasteiger partial charge >= 0.3 is 0 Å². The number of hydrogen-bond acceptors (Lipinski definition) is 4. The molecule has 1 saturated heterocycles. The molecule has 13 heavy (non-hydrogen) atoms. The fourth-order valence-electron chi connectivity index (χ4n) is 1.13. The largest absolute Gasteiger partial charge is 0.372 e. The molecule has 1 aliphatic heterocycles. The third-order valence-corrected chi connectivity index (χ3v) is 2.21. The van der Waals surface area contributed by atoms with Crippen LogP contribution in [0.2, 0.25) is 0 Å². The molecule has 0 bridgehead atoms. The minimum Gasteiger partial charge on any atom is -0.372 e. The summed E-state index contributed by atoms with van der Waals surface area (Å²) in [5, 5.41) is 3.73. The van der Waals surface area contributed by atoms with E-state index in [0.29, 0.717) is 5.71 Å². The molecule has 76 valence electrons. The standard InChI is InChI=1S/C7H14N2O3S/c1-6(7-4-3-5-12-7)8-9-13(2,10)11/h7,9H,3-5H2,1-2H3/b8-6+. The number of sulfonamides is 1. The summed E-state index contributed by atoms with van der Waals surface area (Å²) in [7, 11) is -3.24. The molecule has 1 aliphatic rings. The van der Waals surface area contributed by atoms with Crippen LogP contribution in [0, 0.1) is 0 Å². The summed E-state index contributed by atoms with van der Waals surface area (Å²) in [5.74, 6) is 0. The van der Waals surface area contributed by atoms with Crippen molar-refractivity contribution in [2.24, 2.45) is 5.10 Å². The summed E-state index contributed by atoms with van der Waals surface area (Å²) in [6.45, 7) is 2.49. The predicted octanol–water partition coefficient (Wildman–Crippen LogP) is 0.0905. The zero-order valence-electron chi connectivity index (χ0n) is 7.78. The molecule has 1 fully saturated rings. The lowest BCUT2D eigenvalue weighted by molar-refractivity contribution is 0.158. The van der Waals surface area contributed by atoms with Gasteiger partial charge in [-0.15, -0.1) is 0 Å². The van der Waals surface area contributed by atoms with Crippen LogP contribution >= 0.6 is 0 Å². The summed E-state index contributed by atoms with van der Waals surface area (Å²) in [4.78, 5) is 2.08. The zero-order valence-corrected chi connectivity index (χ0v) is 8.60. The number of nitrogens with one attached hydrogen (secondary N) is 1. The Morgan fingerprint density at radius 2 is 2.31 bits per heavy atom. The molecule has 0 radical (unpaired) electrons. The topological polar surface area (TPSA) is 67.8 Å². The van der Waals surface area contributed by atoms with Gasteiger partial charge in [0.05, 0.1) is 18.1 Å². The van der Waals surface area contributed by atoms with E-state index in [0.717, 1.165) is 25.7 Å². The second kappa shape index (κ2) is 4.06. The van der Waals surface area contributed by atoms with E-state index in [9.17, 15) is 8.42 Å². The van der Waals surface area contributed by atoms with E-state index in [2.05, 4.69) is 9.93 Å². The maximum atomic E-state index is 10.7. The molecule has 0 aliphatic carbocycles. The van der Waals surface area contributed by atoms with Crippen molar-refractivity contribution in [3.8, 4) is 0 Å². The summed E-state index contributed by atoms with van der Waals surface area (Å²) in [6.07, 6.45) is 2.98. The molecule has 1 unspecified atom stereocenters. The number of hydrogen-bond donors (Lipinski definition) is 1. The molecule has 1 N–H and O–H groups in total. The molecule has 0 amide bonds. The van der Waals surface area contributed by atoms with Crippen LogP contribution in [0.4, 0.5) is 0 Å². The highest BCUT2D eigenvalue weighted by Gasteiger charge is 2.18. The van der Waals surface area contributed by atoms with Crippen LogP contribution in [-0.4, -0.2) is 33.1 Å². The molecule has 0 spiro atoms. The van der Waals surface area contributed by atoms with Gasteiger partial charge in [0.25, 0.3) is 0 Å². The van der Waals surface area contributed by atoms with Crippen LogP contribution in [-0.2, 0) is 14.8 Å². The van der Waals surface area contributed by atoms with Crippen molar-refractivity contribution in [2.45, 2.75) is 25.9 Å². The average Bonchev–Trinajstić information content (AvgIpc) is 2.50. The molecule has 6 heteroatoms. The van der Waals surface area contributed by atoms with Gasteiger partial charge in [-0.1, -0.05) is 0 Å². The molecule has 0 saturated carbocycles.